The van der Waals surface area contributed by atoms with Crippen molar-refractivity contribution < 1.29 is 19.0 Å². The minimum atomic E-state index is -0.341. The lowest BCUT2D eigenvalue weighted by molar-refractivity contribution is -0.117. The van der Waals surface area contributed by atoms with Crippen LogP contribution in [0.4, 0.5) is 0 Å². The molecule has 1 fully saturated rings. The highest BCUT2D eigenvalue weighted by atomic mass is 16.5. The summed E-state index contributed by atoms with van der Waals surface area (Å²) in [6.45, 7) is 5.11. The van der Waals surface area contributed by atoms with E-state index in [0.29, 0.717) is 36.9 Å². The number of para-hydroxylation sites is 1. The molecule has 0 spiro atoms. The molecule has 6 nitrogen and oxygen atoms in total. The van der Waals surface area contributed by atoms with E-state index in [1.807, 2.05) is 44.2 Å². The van der Waals surface area contributed by atoms with Crippen LogP contribution in [0.25, 0.3) is 6.08 Å². The minimum Gasteiger partial charge on any atom is -0.490 e. The normalized spacial score (nSPS) is 13.3. The SMILES string of the molecule is CCOc1cc(/C=C(\C#N)C(=O)NC2CC2)ccc1OCCOc1ccccc1C. The van der Waals surface area contributed by atoms with Gasteiger partial charge in [0, 0.05) is 6.04 Å². The highest BCUT2D eigenvalue weighted by molar-refractivity contribution is 6.02. The molecule has 1 N–H and O–H groups in total. The molecule has 6 heteroatoms. The van der Waals surface area contributed by atoms with Gasteiger partial charge in [-0.15, -0.1) is 0 Å². The monoisotopic (exact) mass is 406 g/mol. The Morgan fingerprint density at radius 1 is 1.10 bits per heavy atom. The van der Waals surface area contributed by atoms with E-state index in [1.165, 1.54) is 0 Å². The molecule has 0 radical (unpaired) electrons. The van der Waals surface area contributed by atoms with Crippen molar-refractivity contribution in [2.24, 2.45) is 0 Å². The average molecular weight is 406 g/mol. The maximum absolute atomic E-state index is 12.2. The van der Waals surface area contributed by atoms with Crippen molar-refractivity contribution in [3.8, 4) is 23.3 Å². The molecule has 1 amide bonds. The van der Waals surface area contributed by atoms with Crippen LogP contribution in [-0.4, -0.2) is 31.8 Å². The molecular weight excluding hydrogens is 380 g/mol. The van der Waals surface area contributed by atoms with Gasteiger partial charge >= 0.3 is 0 Å². The third-order valence-electron chi connectivity index (χ3n) is 4.55. The lowest BCUT2D eigenvalue weighted by atomic mass is 10.1. The fourth-order valence-corrected chi connectivity index (χ4v) is 2.83. The van der Waals surface area contributed by atoms with Gasteiger partial charge in [0.1, 0.15) is 30.6 Å². The van der Waals surface area contributed by atoms with E-state index in [4.69, 9.17) is 14.2 Å². The summed E-state index contributed by atoms with van der Waals surface area (Å²) in [6.07, 6.45) is 3.50. The zero-order valence-electron chi connectivity index (χ0n) is 17.3. The predicted molar refractivity (Wildman–Crippen MR) is 115 cm³/mol. The van der Waals surface area contributed by atoms with Gasteiger partial charge in [0.25, 0.3) is 5.91 Å². The molecule has 1 aliphatic carbocycles. The topological polar surface area (TPSA) is 80.6 Å². The number of amides is 1. The lowest BCUT2D eigenvalue weighted by Gasteiger charge is -2.14. The smallest absolute Gasteiger partial charge is 0.262 e. The highest BCUT2D eigenvalue weighted by Gasteiger charge is 2.24. The van der Waals surface area contributed by atoms with Crippen LogP contribution in [0.1, 0.15) is 30.9 Å². The molecule has 1 aliphatic rings. The second-order valence-electron chi connectivity index (χ2n) is 7.02. The molecule has 0 atom stereocenters. The summed E-state index contributed by atoms with van der Waals surface area (Å²) in [7, 11) is 0. The highest BCUT2D eigenvalue weighted by Crippen LogP contribution is 2.29. The Morgan fingerprint density at radius 3 is 2.50 bits per heavy atom. The molecular formula is C24H26N2O4. The molecule has 0 aliphatic heterocycles. The van der Waals surface area contributed by atoms with Gasteiger partial charge in [-0.2, -0.15) is 5.26 Å². The number of nitrogens with zero attached hydrogens (tertiary/aromatic N) is 1. The van der Waals surface area contributed by atoms with Crippen LogP contribution in [-0.2, 0) is 4.79 Å². The van der Waals surface area contributed by atoms with E-state index in [1.54, 1.807) is 24.3 Å². The van der Waals surface area contributed by atoms with Crippen LogP contribution in [0.5, 0.6) is 17.2 Å². The van der Waals surface area contributed by atoms with Crippen LogP contribution in [0.2, 0.25) is 0 Å². The zero-order valence-corrected chi connectivity index (χ0v) is 17.3. The van der Waals surface area contributed by atoms with Crippen molar-refractivity contribution in [1.82, 2.24) is 5.32 Å². The zero-order chi connectivity index (χ0) is 21.3. The summed E-state index contributed by atoms with van der Waals surface area (Å²) in [5.41, 5.74) is 1.84. The van der Waals surface area contributed by atoms with Gasteiger partial charge < -0.3 is 19.5 Å². The third-order valence-corrected chi connectivity index (χ3v) is 4.55. The van der Waals surface area contributed by atoms with Crippen LogP contribution < -0.4 is 19.5 Å². The maximum Gasteiger partial charge on any atom is 0.262 e. The standard InChI is InChI=1S/C24H26N2O4/c1-3-28-23-15-18(14-19(16-25)24(27)26-20-9-10-20)8-11-22(23)30-13-12-29-21-7-5-4-6-17(21)2/h4-8,11,14-15,20H,3,9-10,12-13H2,1-2H3,(H,26,27)/b19-14+. The van der Waals surface area contributed by atoms with Crippen LogP contribution in [0.3, 0.4) is 0 Å². The molecule has 156 valence electrons. The summed E-state index contributed by atoms with van der Waals surface area (Å²) >= 11 is 0. The van der Waals surface area contributed by atoms with E-state index in [0.717, 1.165) is 24.2 Å². The number of rotatable bonds is 10. The van der Waals surface area contributed by atoms with Crippen LogP contribution in [0, 0.1) is 18.3 Å². The molecule has 2 aromatic rings. The number of aryl methyl sites for hydroxylation is 1. The van der Waals surface area contributed by atoms with Gasteiger partial charge in [0.2, 0.25) is 0 Å². The molecule has 30 heavy (non-hydrogen) atoms. The van der Waals surface area contributed by atoms with Crippen molar-refractivity contribution in [3.05, 3.63) is 59.2 Å². The van der Waals surface area contributed by atoms with E-state index < -0.39 is 0 Å². The van der Waals surface area contributed by atoms with Crippen molar-refractivity contribution in [2.75, 3.05) is 19.8 Å². The molecule has 0 heterocycles. The van der Waals surface area contributed by atoms with Crippen molar-refractivity contribution in [2.45, 2.75) is 32.7 Å². The number of nitrogens with one attached hydrogen (secondary N) is 1. The van der Waals surface area contributed by atoms with Gasteiger partial charge in [-0.3, -0.25) is 4.79 Å². The number of hydrogen-bond donors (Lipinski definition) is 1. The molecule has 3 rings (SSSR count). The number of nitriles is 1. The molecule has 0 saturated heterocycles. The summed E-state index contributed by atoms with van der Waals surface area (Å²) in [4.78, 5) is 12.2. The second kappa shape index (κ2) is 10.4. The Hall–Kier alpha value is -3.46. The molecule has 1 saturated carbocycles. The Kier molecular flexibility index (Phi) is 7.34. The van der Waals surface area contributed by atoms with Gasteiger partial charge in [-0.25, -0.2) is 0 Å². The maximum atomic E-state index is 12.2. The second-order valence-corrected chi connectivity index (χ2v) is 7.02. The first-order chi connectivity index (χ1) is 14.6. The number of benzene rings is 2. The van der Waals surface area contributed by atoms with Gasteiger partial charge in [-0.05, 0) is 62.1 Å². The number of carbonyl (C=O) groups excluding carboxylic acids is 1. The first kappa shape index (κ1) is 21.3. The fraction of sp³-hybridized carbons (Fsp3) is 0.333. The van der Waals surface area contributed by atoms with Gasteiger partial charge in [0.05, 0.1) is 6.61 Å². The summed E-state index contributed by atoms with van der Waals surface area (Å²) in [5.74, 6) is 1.64. The summed E-state index contributed by atoms with van der Waals surface area (Å²) < 4.78 is 17.3. The van der Waals surface area contributed by atoms with E-state index in [9.17, 15) is 10.1 Å². The average Bonchev–Trinajstić information content (AvgIpc) is 3.56. The fourth-order valence-electron chi connectivity index (χ4n) is 2.83. The largest absolute Gasteiger partial charge is 0.490 e. The minimum absolute atomic E-state index is 0.0737. The first-order valence-electron chi connectivity index (χ1n) is 10.1. The van der Waals surface area contributed by atoms with E-state index in [-0.39, 0.29) is 17.5 Å². The Bertz CT molecular complexity index is 958. The van der Waals surface area contributed by atoms with E-state index >= 15 is 0 Å². The summed E-state index contributed by atoms with van der Waals surface area (Å²) in [5, 5.41) is 12.2. The van der Waals surface area contributed by atoms with Crippen LogP contribution in [0.15, 0.2) is 48.0 Å². The first-order valence-corrected chi connectivity index (χ1v) is 10.1. The molecule has 0 bridgehead atoms. The predicted octanol–water partition coefficient (Wildman–Crippen LogP) is 4.04. The van der Waals surface area contributed by atoms with E-state index in [2.05, 4.69) is 5.32 Å². The van der Waals surface area contributed by atoms with Gasteiger partial charge in [-0.1, -0.05) is 24.3 Å². The molecule has 0 unspecified atom stereocenters. The Morgan fingerprint density at radius 2 is 1.83 bits per heavy atom. The quantitative estimate of drug-likeness (QED) is 0.366. The van der Waals surface area contributed by atoms with Gasteiger partial charge in [0.15, 0.2) is 11.5 Å². The van der Waals surface area contributed by atoms with Crippen LogP contribution >= 0.6 is 0 Å². The van der Waals surface area contributed by atoms with Crippen molar-refractivity contribution >= 4 is 12.0 Å². The summed E-state index contributed by atoms with van der Waals surface area (Å²) in [6, 6.07) is 15.3. The van der Waals surface area contributed by atoms with Crippen molar-refractivity contribution in [3.63, 3.8) is 0 Å². The number of ether oxygens (including phenoxy) is 3. The lowest BCUT2D eigenvalue weighted by Crippen LogP contribution is -2.26. The molecule has 0 aromatic heterocycles. The third kappa shape index (κ3) is 6.02. The number of carbonyl (C=O) groups is 1. The Labute approximate surface area is 177 Å². The van der Waals surface area contributed by atoms with Crippen molar-refractivity contribution in [1.29, 1.82) is 5.26 Å². The molecule has 2 aromatic carbocycles. The Balaban J connectivity index is 1.63. The number of hydrogen-bond acceptors (Lipinski definition) is 5.